The van der Waals surface area contributed by atoms with Crippen molar-refractivity contribution in [2.75, 3.05) is 14.2 Å². The number of nitrogens with one attached hydrogen (secondary N) is 1. The molecule has 2 rings (SSSR count). The van der Waals surface area contributed by atoms with Gasteiger partial charge in [-0.05, 0) is 18.2 Å². The third kappa shape index (κ3) is 2.21. The summed E-state index contributed by atoms with van der Waals surface area (Å²) in [5.41, 5.74) is 6.31. The average molecular weight is 234 g/mol. The van der Waals surface area contributed by atoms with Crippen LogP contribution >= 0.6 is 0 Å². The molecule has 0 aliphatic carbocycles. The Hall–Kier alpha value is -2.08. The lowest BCUT2D eigenvalue weighted by Gasteiger charge is -2.07. The molecular formula is C11H14N4O2. The van der Waals surface area contributed by atoms with Crippen LogP contribution in [0.1, 0.15) is 5.82 Å². The largest absolute Gasteiger partial charge is 0.493 e. The fourth-order valence-corrected chi connectivity index (χ4v) is 1.49. The number of benzene rings is 1. The first-order valence-corrected chi connectivity index (χ1v) is 5.12. The van der Waals surface area contributed by atoms with Gasteiger partial charge in [0.1, 0.15) is 5.82 Å². The summed E-state index contributed by atoms with van der Waals surface area (Å²) in [6.45, 7) is 0.334. The maximum absolute atomic E-state index is 5.46. The molecule has 6 heteroatoms. The van der Waals surface area contributed by atoms with Gasteiger partial charge in [-0.3, -0.25) is 5.10 Å². The zero-order valence-electron chi connectivity index (χ0n) is 9.73. The van der Waals surface area contributed by atoms with Crippen LogP contribution in [0, 0.1) is 0 Å². The number of rotatable bonds is 4. The fourth-order valence-electron chi connectivity index (χ4n) is 1.49. The molecule has 1 aromatic heterocycles. The zero-order chi connectivity index (χ0) is 12.3. The molecule has 0 unspecified atom stereocenters. The number of hydrogen-bond donors (Lipinski definition) is 2. The van der Waals surface area contributed by atoms with E-state index in [1.165, 1.54) is 0 Å². The molecule has 0 bridgehead atoms. The van der Waals surface area contributed by atoms with Crippen molar-refractivity contribution in [3.63, 3.8) is 0 Å². The summed E-state index contributed by atoms with van der Waals surface area (Å²) in [5, 5.41) is 6.84. The Labute approximate surface area is 98.8 Å². The van der Waals surface area contributed by atoms with Crippen LogP contribution in [0.3, 0.4) is 0 Å². The topological polar surface area (TPSA) is 86.0 Å². The molecule has 0 spiro atoms. The van der Waals surface area contributed by atoms with Gasteiger partial charge in [-0.25, -0.2) is 4.98 Å². The van der Waals surface area contributed by atoms with Gasteiger partial charge in [-0.15, -0.1) is 0 Å². The third-order valence-electron chi connectivity index (χ3n) is 2.37. The quantitative estimate of drug-likeness (QED) is 0.822. The summed E-state index contributed by atoms with van der Waals surface area (Å²) in [4.78, 5) is 4.24. The van der Waals surface area contributed by atoms with Crippen LogP contribution in [0.4, 0.5) is 0 Å². The highest BCUT2D eigenvalue weighted by Gasteiger charge is 2.09. The van der Waals surface area contributed by atoms with Crippen LogP contribution in [0.5, 0.6) is 11.5 Å². The Morgan fingerprint density at radius 2 is 2.00 bits per heavy atom. The molecular weight excluding hydrogens is 220 g/mol. The van der Waals surface area contributed by atoms with Gasteiger partial charge in [0.05, 0.1) is 20.8 Å². The van der Waals surface area contributed by atoms with Gasteiger partial charge >= 0.3 is 0 Å². The third-order valence-corrected chi connectivity index (χ3v) is 2.37. The number of methoxy groups -OCH3 is 2. The minimum atomic E-state index is 0.334. The lowest BCUT2D eigenvalue weighted by molar-refractivity contribution is 0.355. The predicted octanol–water partition coefficient (Wildman–Crippen LogP) is 0.948. The minimum absolute atomic E-state index is 0.334. The van der Waals surface area contributed by atoms with E-state index in [1.54, 1.807) is 14.2 Å². The molecule has 0 radical (unpaired) electrons. The zero-order valence-corrected chi connectivity index (χ0v) is 9.73. The van der Waals surface area contributed by atoms with Gasteiger partial charge < -0.3 is 15.2 Å². The van der Waals surface area contributed by atoms with Crippen molar-refractivity contribution in [3.8, 4) is 22.9 Å². The van der Waals surface area contributed by atoms with Crippen molar-refractivity contribution in [2.45, 2.75) is 6.54 Å². The lowest BCUT2D eigenvalue weighted by Crippen LogP contribution is -1.98. The maximum atomic E-state index is 5.46. The molecule has 17 heavy (non-hydrogen) atoms. The number of nitrogens with zero attached hydrogens (tertiary/aromatic N) is 2. The average Bonchev–Trinajstić information content (AvgIpc) is 2.86. The van der Waals surface area contributed by atoms with Gasteiger partial charge in [0.2, 0.25) is 0 Å². The number of aromatic amines is 1. The summed E-state index contributed by atoms with van der Waals surface area (Å²) < 4.78 is 10.4. The Morgan fingerprint density at radius 1 is 1.24 bits per heavy atom. The van der Waals surface area contributed by atoms with Crippen LogP contribution in [-0.2, 0) is 6.54 Å². The summed E-state index contributed by atoms with van der Waals surface area (Å²) in [7, 11) is 3.18. The molecule has 1 heterocycles. The molecule has 6 nitrogen and oxygen atoms in total. The van der Waals surface area contributed by atoms with Crippen LogP contribution < -0.4 is 15.2 Å². The Morgan fingerprint density at radius 3 is 2.59 bits per heavy atom. The second-order valence-corrected chi connectivity index (χ2v) is 3.38. The van der Waals surface area contributed by atoms with Gasteiger partial charge in [0, 0.05) is 5.56 Å². The lowest BCUT2D eigenvalue weighted by atomic mass is 10.2. The van der Waals surface area contributed by atoms with E-state index in [-0.39, 0.29) is 0 Å². The van der Waals surface area contributed by atoms with Crippen molar-refractivity contribution >= 4 is 0 Å². The molecule has 0 aliphatic rings. The first kappa shape index (κ1) is 11.4. The Bertz CT molecular complexity index is 510. The van der Waals surface area contributed by atoms with Crippen molar-refractivity contribution in [1.29, 1.82) is 0 Å². The smallest absolute Gasteiger partial charge is 0.181 e. The fraction of sp³-hybridized carbons (Fsp3) is 0.273. The van der Waals surface area contributed by atoms with Crippen LogP contribution in [0.2, 0.25) is 0 Å². The molecule has 0 saturated heterocycles. The highest BCUT2D eigenvalue weighted by Crippen LogP contribution is 2.30. The van der Waals surface area contributed by atoms with E-state index in [4.69, 9.17) is 15.2 Å². The molecule has 0 amide bonds. The maximum Gasteiger partial charge on any atom is 0.181 e. The van der Waals surface area contributed by atoms with Crippen LogP contribution in [-0.4, -0.2) is 29.4 Å². The standard InChI is InChI=1S/C11H14N4O2/c1-16-8-4-3-7(5-9(8)17-2)11-13-10(6-12)14-15-11/h3-5H,6,12H2,1-2H3,(H,13,14,15). The van der Waals surface area contributed by atoms with Crippen LogP contribution in [0.25, 0.3) is 11.4 Å². The van der Waals surface area contributed by atoms with Crippen molar-refractivity contribution in [1.82, 2.24) is 15.2 Å². The summed E-state index contributed by atoms with van der Waals surface area (Å²) in [6, 6.07) is 5.50. The molecule has 2 aromatic rings. The van der Waals surface area contributed by atoms with E-state index in [9.17, 15) is 0 Å². The van der Waals surface area contributed by atoms with Crippen molar-refractivity contribution in [2.24, 2.45) is 5.73 Å². The predicted molar refractivity (Wildman–Crippen MR) is 62.8 cm³/mol. The summed E-state index contributed by atoms with van der Waals surface area (Å²) in [6.07, 6.45) is 0. The number of ether oxygens (including phenoxy) is 2. The highest BCUT2D eigenvalue weighted by atomic mass is 16.5. The molecule has 0 fully saturated rings. The van der Waals surface area contributed by atoms with E-state index in [0.29, 0.717) is 29.7 Å². The first-order chi connectivity index (χ1) is 8.28. The monoisotopic (exact) mass is 234 g/mol. The van der Waals surface area contributed by atoms with Gasteiger partial charge in [-0.2, -0.15) is 5.10 Å². The molecule has 3 N–H and O–H groups in total. The van der Waals surface area contributed by atoms with Gasteiger partial charge in [0.25, 0.3) is 0 Å². The minimum Gasteiger partial charge on any atom is -0.493 e. The number of hydrogen-bond acceptors (Lipinski definition) is 5. The normalized spacial score (nSPS) is 10.3. The van der Waals surface area contributed by atoms with Crippen LogP contribution in [0.15, 0.2) is 18.2 Å². The van der Waals surface area contributed by atoms with E-state index < -0.39 is 0 Å². The Balaban J connectivity index is 2.38. The summed E-state index contributed by atoms with van der Waals surface area (Å²) >= 11 is 0. The molecule has 1 aromatic carbocycles. The van der Waals surface area contributed by atoms with Crippen molar-refractivity contribution < 1.29 is 9.47 Å². The van der Waals surface area contributed by atoms with E-state index in [1.807, 2.05) is 18.2 Å². The number of aromatic nitrogens is 3. The SMILES string of the molecule is COc1ccc(-c2n[nH]c(CN)n2)cc1OC. The first-order valence-electron chi connectivity index (χ1n) is 5.12. The van der Waals surface area contributed by atoms with Crippen molar-refractivity contribution in [3.05, 3.63) is 24.0 Å². The van der Waals surface area contributed by atoms with E-state index >= 15 is 0 Å². The molecule has 90 valence electrons. The number of nitrogens with two attached hydrogens (primary N) is 1. The second kappa shape index (κ2) is 4.84. The number of H-pyrrole nitrogens is 1. The van der Waals surface area contributed by atoms with E-state index in [0.717, 1.165) is 5.56 Å². The molecule has 0 aliphatic heterocycles. The van der Waals surface area contributed by atoms with E-state index in [2.05, 4.69) is 15.2 Å². The Kier molecular flexibility index (Phi) is 3.24. The van der Waals surface area contributed by atoms with Gasteiger partial charge in [0.15, 0.2) is 17.3 Å². The molecule has 0 atom stereocenters. The summed E-state index contributed by atoms with van der Waals surface area (Å²) in [5.74, 6) is 2.55. The molecule has 0 saturated carbocycles. The second-order valence-electron chi connectivity index (χ2n) is 3.38. The van der Waals surface area contributed by atoms with Gasteiger partial charge in [-0.1, -0.05) is 0 Å². The highest BCUT2D eigenvalue weighted by molar-refractivity contribution is 5.60.